The van der Waals surface area contributed by atoms with Crippen LogP contribution in [0, 0.1) is 5.92 Å². The first-order valence-electron chi connectivity index (χ1n) is 8.25. The average Bonchev–Trinajstić information content (AvgIpc) is 2.55. The van der Waals surface area contributed by atoms with Crippen molar-refractivity contribution in [3.63, 3.8) is 0 Å². The molecule has 1 rings (SSSR count). The largest absolute Gasteiger partial charge is 0.491 e. The molecule has 2 atom stereocenters. The number of benzene rings is 1. The van der Waals surface area contributed by atoms with Crippen LogP contribution in [0.5, 0.6) is 5.75 Å². The lowest BCUT2D eigenvalue weighted by Gasteiger charge is -2.16. The Morgan fingerprint density at radius 1 is 1.26 bits per heavy atom. The van der Waals surface area contributed by atoms with Gasteiger partial charge in [0, 0.05) is 0 Å². The molecule has 1 aromatic carbocycles. The van der Waals surface area contributed by atoms with Gasteiger partial charge in [-0.25, -0.2) is 4.79 Å². The molecule has 0 aliphatic carbocycles. The fourth-order valence-corrected chi connectivity index (χ4v) is 2.19. The Morgan fingerprint density at radius 3 is 2.65 bits per heavy atom. The highest BCUT2D eigenvalue weighted by atomic mass is 16.5. The molecule has 0 aliphatic heterocycles. The van der Waals surface area contributed by atoms with Gasteiger partial charge in [0.25, 0.3) is 0 Å². The van der Waals surface area contributed by atoms with Gasteiger partial charge in [0.2, 0.25) is 0 Å². The molecule has 0 aromatic heterocycles. The van der Waals surface area contributed by atoms with Gasteiger partial charge in [-0.1, -0.05) is 19.9 Å². The summed E-state index contributed by atoms with van der Waals surface area (Å²) >= 11 is 0. The lowest BCUT2D eigenvalue weighted by atomic mass is 10.0. The standard InChI is InChI=1S/C18H29NO4/c1-13(2)8-9-14(3)19-11-16(20)12-23-17-7-5-6-15(10-17)18(21)22-4/h5-7,10,13-14,16,19-20H,8-9,11-12H2,1-4H3/p+1/t14-,16+/m0/s1. The number of hydrogen-bond donors (Lipinski definition) is 2. The zero-order chi connectivity index (χ0) is 17.2. The number of aliphatic hydroxyl groups is 1. The Kier molecular flexibility index (Phi) is 8.66. The number of nitrogens with two attached hydrogens (primary N) is 1. The third-order valence-corrected chi connectivity index (χ3v) is 3.71. The van der Waals surface area contributed by atoms with Crippen LogP contribution in [0.2, 0.25) is 0 Å². The number of aliphatic hydroxyl groups excluding tert-OH is 1. The maximum absolute atomic E-state index is 11.5. The van der Waals surface area contributed by atoms with Crippen LogP contribution >= 0.6 is 0 Å². The second kappa shape index (κ2) is 10.2. The molecular formula is C18H30NO4+. The molecule has 23 heavy (non-hydrogen) atoms. The molecule has 0 aliphatic rings. The Bertz CT molecular complexity index is 476. The normalized spacial score (nSPS) is 13.7. The Hall–Kier alpha value is -1.59. The van der Waals surface area contributed by atoms with Gasteiger partial charge in [-0.3, -0.25) is 0 Å². The molecule has 1 aromatic rings. The fourth-order valence-electron chi connectivity index (χ4n) is 2.19. The second-order valence-corrected chi connectivity index (χ2v) is 6.40. The Balaban J connectivity index is 2.33. The maximum Gasteiger partial charge on any atom is 0.337 e. The van der Waals surface area contributed by atoms with E-state index in [9.17, 15) is 9.90 Å². The van der Waals surface area contributed by atoms with E-state index in [0.29, 0.717) is 29.8 Å². The van der Waals surface area contributed by atoms with Crippen molar-refractivity contribution in [3.05, 3.63) is 29.8 Å². The number of quaternary nitrogens is 1. The van der Waals surface area contributed by atoms with Crippen LogP contribution in [0.1, 0.15) is 44.0 Å². The summed E-state index contributed by atoms with van der Waals surface area (Å²) in [5.74, 6) is 0.865. The molecule has 0 unspecified atom stereocenters. The summed E-state index contributed by atoms with van der Waals surface area (Å²) < 4.78 is 10.2. The fraction of sp³-hybridized carbons (Fsp3) is 0.611. The van der Waals surface area contributed by atoms with E-state index in [1.54, 1.807) is 24.3 Å². The zero-order valence-corrected chi connectivity index (χ0v) is 14.6. The van der Waals surface area contributed by atoms with E-state index < -0.39 is 12.1 Å². The third-order valence-electron chi connectivity index (χ3n) is 3.71. The lowest BCUT2D eigenvalue weighted by molar-refractivity contribution is -0.692. The minimum Gasteiger partial charge on any atom is -0.491 e. The van der Waals surface area contributed by atoms with E-state index in [0.717, 1.165) is 6.42 Å². The quantitative estimate of drug-likeness (QED) is 0.641. The molecule has 5 heteroatoms. The van der Waals surface area contributed by atoms with Gasteiger partial charge in [-0.05, 0) is 43.9 Å². The molecule has 0 saturated heterocycles. The van der Waals surface area contributed by atoms with Gasteiger partial charge in [0.15, 0.2) is 0 Å². The SMILES string of the molecule is COC(=O)c1cccc(OC[C@H](O)C[NH2+][C@@H](C)CCC(C)C)c1. The van der Waals surface area contributed by atoms with Crippen LogP contribution in [-0.2, 0) is 4.74 Å². The summed E-state index contributed by atoms with van der Waals surface area (Å²) in [5, 5.41) is 12.2. The smallest absolute Gasteiger partial charge is 0.337 e. The summed E-state index contributed by atoms with van der Waals surface area (Å²) in [5.41, 5.74) is 0.438. The lowest BCUT2D eigenvalue weighted by Crippen LogP contribution is -2.91. The first-order chi connectivity index (χ1) is 10.9. The molecule has 0 fully saturated rings. The number of rotatable bonds is 10. The minimum absolute atomic E-state index is 0.206. The van der Waals surface area contributed by atoms with Crippen LogP contribution in [-0.4, -0.2) is 43.5 Å². The first-order valence-corrected chi connectivity index (χ1v) is 8.25. The van der Waals surface area contributed by atoms with Crippen molar-refractivity contribution in [2.24, 2.45) is 5.92 Å². The molecule has 0 bridgehead atoms. The van der Waals surface area contributed by atoms with Gasteiger partial charge in [0.05, 0.1) is 18.7 Å². The van der Waals surface area contributed by atoms with Gasteiger partial charge < -0.3 is 19.9 Å². The van der Waals surface area contributed by atoms with Gasteiger partial charge in [0.1, 0.15) is 25.0 Å². The molecule has 5 nitrogen and oxygen atoms in total. The molecule has 130 valence electrons. The number of esters is 1. The maximum atomic E-state index is 11.5. The number of methoxy groups -OCH3 is 1. The zero-order valence-electron chi connectivity index (χ0n) is 14.6. The first kappa shape index (κ1) is 19.5. The van der Waals surface area contributed by atoms with E-state index >= 15 is 0 Å². The highest BCUT2D eigenvalue weighted by molar-refractivity contribution is 5.89. The van der Waals surface area contributed by atoms with Crippen molar-refractivity contribution in [1.29, 1.82) is 0 Å². The van der Waals surface area contributed by atoms with Crippen molar-refractivity contribution >= 4 is 5.97 Å². The number of ether oxygens (including phenoxy) is 2. The van der Waals surface area contributed by atoms with Crippen LogP contribution < -0.4 is 10.1 Å². The average molecular weight is 324 g/mol. The van der Waals surface area contributed by atoms with E-state index in [1.807, 2.05) is 0 Å². The van der Waals surface area contributed by atoms with Crippen molar-refractivity contribution in [2.45, 2.75) is 45.8 Å². The third kappa shape index (κ3) is 8.00. The highest BCUT2D eigenvalue weighted by Crippen LogP contribution is 2.14. The summed E-state index contributed by atoms with van der Waals surface area (Å²) in [6, 6.07) is 7.27. The van der Waals surface area contributed by atoms with E-state index in [4.69, 9.17) is 4.74 Å². The minimum atomic E-state index is -0.543. The van der Waals surface area contributed by atoms with Crippen molar-refractivity contribution in [2.75, 3.05) is 20.3 Å². The Morgan fingerprint density at radius 2 is 2.00 bits per heavy atom. The van der Waals surface area contributed by atoms with Crippen LogP contribution in [0.25, 0.3) is 0 Å². The van der Waals surface area contributed by atoms with Gasteiger partial charge >= 0.3 is 5.97 Å². The molecule has 0 spiro atoms. The molecule has 0 saturated carbocycles. The summed E-state index contributed by atoms with van der Waals surface area (Å²) in [4.78, 5) is 11.5. The number of carbonyl (C=O) groups is 1. The molecule has 0 radical (unpaired) electrons. The van der Waals surface area contributed by atoms with Crippen LogP contribution in [0.4, 0.5) is 0 Å². The van der Waals surface area contributed by atoms with Crippen LogP contribution in [0.15, 0.2) is 24.3 Å². The van der Waals surface area contributed by atoms with Crippen molar-refractivity contribution < 1.29 is 24.7 Å². The molecule has 3 N–H and O–H groups in total. The second-order valence-electron chi connectivity index (χ2n) is 6.40. The summed E-state index contributed by atoms with van der Waals surface area (Å²) in [6.07, 6.45) is 1.80. The van der Waals surface area contributed by atoms with E-state index in [1.165, 1.54) is 13.5 Å². The highest BCUT2D eigenvalue weighted by Gasteiger charge is 2.12. The molecular weight excluding hydrogens is 294 g/mol. The van der Waals surface area contributed by atoms with Crippen molar-refractivity contribution in [1.82, 2.24) is 0 Å². The molecule has 0 heterocycles. The summed E-state index contributed by atoms with van der Waals surface area (Å²) in [6.45, 7) is 7.43. The van der Waals surface area contributed by atoms with Gasteiger partial charge in [-0.2, -0.15) is 0 Å². The summed E-state index contributed by atoms with van der Waals surface area (Å²) in [7, 11) is 1.34. The topological polar surface area (TPSA) is 72.4 Å². The molecule has 0 amide bonds. The predicted molar refractivity (Wildman–Crippen MR) is 89.6 cm³/mol. The van der Waals surface area contributed by atoms with E-state index in [-0.39, 0.29) is 6.61 Å². The predicted octanol–water partition coefficient (Wildman–Crippen LogP) is 1.60. The number of carbonyl (C=O) groups excluding carboxylic acids is 1. The Labute approximate surface area is 139 Å². The monoisotopic (exact) mass is 324 g/mol. The van der Waals surface area contributed by atoms with Crippen molar-refractivity contribution in [3.8, 4) is 5.75 Å². The van der Waals surface area contributed by atoms with E-state index in [2.05, 4.69) is 30.8 Å². The van der Waals surface area contributed by atoms with Crippen LogP contribution in [0.3, 0.4) is 0 Å². The van der Waals surface area contributed by atoms with Gasteiger partial charge in [-0.15, -0.1) is 0 Å². The number of hydrogen-bond acceptors (Lipinski definition) is 4.